The van der Waals surface area contributed by atoms with Crippen LogP contribution in [-0.2, 0) is 33.5 Å². The summed E-state index contributed by atoms with van der Waals surface area (Å²) in [7, 11) is -8.24. The number of nitrogen functional groups attached to an aromatic ring is 2. The number of nitrogens with two attached hydrogens (primary N) is 2. The Bertz CT molecular complexity index is 1120. The minimum atomic E-state index is -4.58. The lowest BCUT2D eigenvalue weighted by Gasteiger charge is -2.06. The van der Waals surface area contributed by atoms with Crippen molar-refractivity contribution in [1.29, 1.82) is 0 Å². The second kappa shape index (κ2) is 10.1. The van der Waals surface area contributed by atoms with Crippen LogP contribution in [0.2, 0.25) is 0 Å². The average molecular weight is 481 g/mol. The Hall–Kier alpha value is -2.31. The fraction of sp³-hybridized carbons (Fsp3) is 0.143. The third kappa shape index (κ3) is 6.61. The normalized spacial score (nSPS) is 12.5. The Morgan fingerprint density at radius 2 is 1.67 bits per heavy atom. The largest absolute Gasteiger partial charge is 0.398 e. The van der Waals surface area contributed by atoms with E-state index in [4.69, 9.17) is 25.5 Å². The highest BCUT2D eigenvalue weighted by Gasteiger charge is 2.17. The fourth-order valence-corrected chi connectivity index (χ4v) is 4.10. The molecule has 0 saturated carbocycles. The summed E-state index contributed by atoms with van der Waals surface area (Å²) in [4.78, 5) is -0.571. The first-order valence-corrected chi connectivity index (χ1v) is 11.5. The van der Waals surface area contributed by atoms with E-state index < -0.39 is 24.9 Å². The second-order valence-corrected chi connectivity index (χ2v) is 9.48. The van der Waals surface area contributed by atoms with Crippen molar-refractivity contribution in [2.45, 2.75) is 9.79 Å². The summed E-state index contributed by atoms with van der Waals surface area (Å²) in [5, 5.41) is 18.9. The van der Waals surface area contributed by atoms with Gasteiger partial charge in [-0.2, -0.15) is 13.5 Å². The topological polar surface area (TPSA) is 213 Å². The molecular weight excluding hydrogens is 464 g/mol. The standard InChI is InChI=1S/C14H16N4O9S3/c15-11-7-12(16)14(30(22,23)24)8-13(11)18-17-9-1-3-10(4-2-9)29(20,21)6-5-25-28-27-26-19/h1-4,7-8,19H,5-6,15-16H2,(H,22,23,24)/b18-17+. The first-order valence-electron chi connectivity index (χ1n) is 7.72. The van der Waals surface area contributed by atoms with Crippen LogP contribution in [0, 0.1) is 0 Å². The summed E-state index contributed by atoms with van der Waals surface area (Å²) in [5.41, 5.74) is 11.2. The Morgan fingerprint density at radius 3 is 2.27 bits per heavy atom. The third-order valence-corrected chi connectivity index (χ3v) is 6.43. The smallest absolute Gasteiger partial charge is 0.296 e. The van der Waals surface area contributed by atoms with E-state index in [0.717, 1.165) is 12.1 Å². The predicted octanol–water partition coefficient (Wildman–Crippen LogP) is 2.29. The highest BCUT2D eigenvalue weighted by molar-refractivity contribution is 7.91. The number of rotatable bonds is 10. The zero-order chi connectivity index (χ0) is 22.4. The van der Waals surface area contributed by atoms with Gasteiger partial charge in [0.2, 0.25) is 0 Å². The van der Waals surface area contributed by atoms with E-state index in [1.165, 1.54) is 24.3 Å². The molecule has 0 aliphatic rings. The van der Waals surface area contributed by atoms with Crippen LogP contribution in [0.4, 0.5) is 22.7 Å². The molecule has 0 heterocycles. The van der Waals surface area contributed by atoms with Crippen LogP contribution >= 0.6 is 12.3 Å². The van der Waals surface area contributed by atoms with E-state index in [2.05, 4.69) is 19.6 Å². The van der Waals surface area contributed by atoms with Gasteiger partial charge in [0, 0.05) is 0 Å². The zero-order valence-corrected chi connectivity index (χ0v) is 17.4. The summed E-state index contributed by atoms with van der Waals surface area (Å²) in [6.45, 7) is -0.232. The quantitative estimate of drug-likeness (QED) is 0.0733. The van der Waals surface area contributed by atoms with Crippen molar-refractivity contribution in [2.75, 3.05) is 23.8 Å². The van der Waals surface area contributed by atoms with Gasteiger partial charge in [-0.3, -0.25) is 8.74 Å². The van der Waals surface area contributed by atoms with E-state index in [-0.39, 0.29) is 52.3 Å². The lowest BCUT2D eigenvalue weighted by molar-refractivity contribution is -0.434. The van der Waals surface area contributed by atoms with E-state index in [1.54, 1.807) is 0 Å². The molecule has 2 aromatic carbocycles. The molecule has 30 heavy (non-hydrogen) atoms. The average Bonchev–Trinajstić information content (AvgIpc) is 2.66. The Balaban J connectivity index is 2.13. The van der Waals surface area contributed by atoms with E-state index >= 15 is 0 Å². The van der Waals surface area contributed by atoms with Crippen molar-refractivity contribution >= 4 is 55.0 Å². The van der Waals surface area contributed by atoms with Crippen LogP contribution in [0.25, 0.3) is 0 Å². The summed E-state index contributed by atoms with van der Waals surface area (Å²) in [6, 6.07) is 7.40. The molecule has 0 atom stereocenters. The Labute approximate surface area is 175 Å². The molecule has 2 rings (SSSR count). The molecule has 0 spiro atoms. The lowest BCUT2D eigenvalue weighted by Crippen LogP contribution is -2.10. The van der Waals surface area contributed by atoms with Gasteiger partial charge in [-0.1, -0.05) is 5.04 Å². The molecule has 164 valence electrons. The molecule has 0 saturated heterocycles. The molecular formula is C14H16N4O9S3. The highest BCUT2D eigenvalue weighted by Crippen LogP contribution is 2.32. The molecule has 2 aromatic rings. The number of anilines is 2. The molecule has 16 heteroatoms. The molecule has 13 nitrogen and oxygen atoms in total. The molecule has 0 fully saturated rings. The van der Waals surface area contributed by atoms with Crippen molar-refractivity contribution < 1.29 is 40.2 Å². The third-order valence-electron chi connectivity index (χ3n) is 3.45. The molecule has 0 radical (unpaired) electrons. The van der Waals surface area contributed by atoms with Gasteiger partial charge in [-0.25, -0.2) is 13.7 Å². The van der Waals surface area contributed by atoms with Crippen LogP contribution in [-0.4, -0.2) is 39.0 Å². The maximum atomic E-state index is 12.2. The summed E-state index contributed by atoms with van der Waals surface area (Å²) in [5.74, 6) is -0.365. The molecule has 0 bridgehead atoms. The summed E-state index contributed by atoms with van der Waals surface area (Å²) >= 11 is 0.265. The van der Waals surface area contributed by atoms with Gasteiger partial charge < -0.3 is 11.5 Å². The van der Waals surface area contributed by atoms with Crippen LogP contribution in [0.1, 0.15) is 0 Å². The van der Waals surface area contributed by atoms with Gasteiger partial charge in [0.1, 0.15) is 10.6 Å². The molecule has 0 unspecified atom stereocenters. The van der Waals surface area contributed by atoms with Crippen molar-refractivity contribution in [3.05, 3.63) is 36.4 Å². The number of benzene rings is 2. The lowest BCUT2D eigenvalue weighted by atomic mass is 10.2. The van der Waals surface area contributed by atoms with Crippen molar-refractivity contribution in [1.82, 2.24) is 0 Å². The van der Waals surface area contributed by atoms with Gasteiger partial charge in [0.25, 0.3) is 10.1 Å². The minimum absolute atomic E-state index is 0.00460. The maximum Gasteiger partial charge on any atom is 0.296 e. The van der Waals surface area contributed by atoms with Crippen LogP contribution in [0.3, 0.4) is 0 Å². The fourth-order valence-electron chi connectivity index (χ4n) is 2.07. The van der Waals surface area contributed by atoms with Gasteiger partial charge in [-0.15, -0.1) is 9.45 Å². The molecule has 0 aliphatic heterocycles. The predicted molar refractivity (Wildman–Crippen MR) is 106 cm³/mol. The van der Waals surface area contributed by atoms with E-state index in [9.17, 15) is 16.8 Å². The number of azo groups is 1. The molecule has 0 aromatic heterocycles. The second-order valence-electron chi connectivity index (χ2n) is 5.47. The van der Waals surface area contributed by atoms with Crippen LogP contribution < -0.4 is 11.5 Å². The van der Waals surface area contributed by atoms with Gasteiger partial charge in [-0.05, 0) is 36.4 Å². The van der Waals surface area contributed by atoms with Gasteiger partial charge in [0.15, 0.2) is 22.2 Å². The molecule has 6 N–H and O–H groups in total. The van der Waals surface area contributed by atoms with Crippen molar-refractivity contribution in [2.24, 2.45) is 10.2 Å². The summed E-state index contributed by atoms with van der Waals surface area (Å²) in [6.07, 6.45) is 0. The first-order chi connectivity index (χ1) is 14.0. The van der Waals surface area contributed by atoms with Crippen LogP contribution in [0.5, 0.6) is 0 Å². The monoisotopic (exact) mass is 480 g/mol. The number of hydrogen-bond acceptors (Lipinski definition) is 13. The van der Waals surface area contributed by atoms with Crippen molar-refractivity contribution in [3.63, 3.8) is 0 Å². The number of hydrogen-bond donors (Lipinski definition) is 4. The van der Waals surface area contributed by atoms with Gasteiger partial charge >= 0.3 is 0 Å². The van der Waals surface area contributed by atoms with E-state index in [1.807, 2.05) is 0 Å². The zero-order valence-electron chi connectivity index (χ0n) is 14.9. The van der Waals surface area contributed by atoms with Crippen molar-refractivity contribution in [3.8, 4) is 0 Å². The first kappa shape index (κ1) is 24.0. The molecule has 0 aliphatic carbocycles. The van der Waals surface area contributed by atoms with Gasteiger partial charge in [0.05, 0.1) is 34.3 Å². The number of sulfone groups is 1. The highest BCUT2D eigenvalue weighted by atomic mass is 32.2. The maximum absolute atomic E-state index is 12.2. The minimum Gasteiger partial charge on any atom is -0.398 e. The SMILES string of the molecule is Nc1cc(N)c(S(=O)(=O)O)cc1/N=N/c1ccc(S(=O)(=O)CCOSOOO)cc1. The van der Waals surface area contributed by atoms with E-state index in [0.29, 0.717) is 0 Å². The van der Waals surface area contributed by atoms with Crippen LogP contribution in [0.15, 0.2) is 56.4 Å². The molecule has 0 amide bonds. The Kier molecular flexibility index (Phi) is 8.10. The summed E-state index contributed by atoms with van der Waals surface area (Å²) < 4.78 is 64.8. The number of nitrogens with zero attached hydrogens (tertiary/aromatic N) is 2. The Morgan fingerprint density at radius 1 is 1.00 bits per heavy atom.